The lowest BCUT2D eigenvalue weighted by Gasteiger charge is -2.17. The van der Waals surface area contributed by atoms with Crippen molar-refractivity contribution >= 4 is 28.5 Å². The van der Waals surface area contributed by atoms with Crippen molar-refractivity contribution < 1.29 is 0 Å². The van der Waals surface area contributed by atoms with Gasteiger partial charge in [-0.15, -0.1) is 0 Å². The molecule has 0 unspecified atom stereocenters. The van der Waals surface area contributed by atoms with E-state index in [2.05, 4.69) is 16.0 Å². The Balaban J connectivity index is 2.40. The Kier molecular flexibility index (Phi) is 3.40. The molecule has 0 radical (unpaired) electrons. The quantitative estimate of drug-likeness (QED) is 0.836. The zero-order valence-electron chi connectivity index (χ0n) is 9.39. The minimum atomic E-state index is 0.365. The standard InChI is InChI=1S/C12H11ClN4/c1-17(8-4-7-14)12-11(13)15-9-5-2-3-6-10(9)16-12/h2-3,5-6H,4,8H2,1H3. The van der Waals surface area contributed by atoms with Crippen LogP contribution < -0.4 is 4.90 Å². The number of nitriles is 1. The molecular weight excluding hydrogens is 236 g/mol. The van der Waals surface area contributed by atoms with Gasteiger partial charge in [-0.05, 0) is 12.1 Å². The van der Waals surface area contributed by atoms with Gasteiger partial charge in [0.25, 0.3) is 0 Å². The van der Waals surface area contributed by atoms with E-state index >= 15 is 0 Å². The summed E-state index contributed by atoms with van der Waals surface area (Å²) < 4.78 is 0. The maximum atomic E-state index is 8.56. The maximum absolute atomic E-state index is 8.56. The number of halogens is 1. The summed E-state index contributed by atoms with van der Waals surface area (Å²) in [5.74, 6) is 0.612. The van der Waals surface area contributed by atoms with Crippen LogP contribution in [0.1, 0.15) is 6.42 Å². The van der Waals surface area contributed by atoms with E-state index in [1.54, 1.807) is 0 Å². The predicted octanol–water partition coefficient (Wildman–Crippen LogP) is 2.63. The van der Waals surface area contributed by atoms with Gasteiger partial charge < -0.3 is 4.90 Å². The van der Waals surface area contributed by atoms with Gasteiger partial charge in [0.15, 0.2) is 11.0 Å². The smallest absolute Gasteiger partial charge is 0.172 e. The average molecular weight is 247 g/mol. The Labute approximate surface area is 104 Å². The lowest BCUT2D eigenvalue weighted by molar-refractivity contribution is 0.884. The van der Waals surface area contributed by atoms with Gasteiger partial charge in [0, 0.05) is 13.6 Å². The van der Waals surface area contributed by atoms with E-state index in [9.17, 15) is 0 Å². The molecule has 0 saturated heterocycles. The number of hydrogen-bond acceptors (Lipinski definition) is 4. The first kappa shape index (κ1) is 11.6. The number of para-hydroxylation sites is 2. The Morgan fingerprint density at radius 3 is 2.59 bits per heavy atom. The van der Waals surface area contributed by atoms with Gasteiger partial charge >= 0.3 is 0 Å². The summed E-state index contributed by atoms with van der Waals surface area (Å²) in [5.41, 5.74) is 1.57. The molecule has 2 rings (SSSR count). The van der Waals surface area contributed by atoms with Crippen LogP contribution in [0.2, 0.25) is 5.15 Å². The molecule has 5 heteroatoms. The van der Waals surface area contributed by atoms with Gasteiger partial charge in [0.2, 0.25) is 0 Å². The molecule has 0 saturated carbocycles. The Morgan fingerprint density at radius 2 is 1.94 bits per heavy atom. The van der Waals surface area contributed by atoms with E-state index in [0.717, 1.165) is 11.0 Å². The minimum absolute atomic E-state index is 0.365. The number of anilines is 1. The molecule has 4 nitrogen and oxygen atoms in total. The Bertz CT molecular complexity index is 576. The van der Waals surface area contributed by atoms with Crippen molar-refractivity contribution in [3.8, 4) is 6.07 Å². The van der Waals surface area contributed by atoms with Gasteiger partial charge in [-0.3, -0.25) is 0 Å². The number of fused-ring (bicyclic) bond motifs is 1. The van der Waals surface area contributed by atoms with Crippen LogP contribution in [0.3, 0.4) is 0 Å². The molecule has 86 valence electrons. The van der Waals surface area contributed by atoms with Crippen molar-refractivity contribution in [2.45, 2.75) is 6.42 Å². The van der Waals surface area contributed by atoms with Gasteiger partial charge in [0.05, 0.1) is 23.5 Å². The highest BCUT2D eigenvalue weighted by Gasteiger charge is 2.10. The van der Waals surface area contributed by atoms with Crippen molar-refractivity contribution in [2.75, 3.05) is 18.5 Å². The fourth-order valence-electron chi connectivity index (χ4n) is 1.54. The first-order valence-electron chi connectivity index (χ1n) is 5.22. The molecule has 2 aromatic rings. The first-order valence-corrected chi connectivity index (χ1v) is 5.60. The lowest BCUT2D eigenvalue weighted by Crippen LogP contribution is -2.20. The van der Waals surface area contributed by atoms with E-state index in [4.69, 9.17) is 16.9 Å². The van der Waals surface area contributed by atoms with E-state index in [1.165, 1.54) is 0 Å². The second-order valence-electron chi connectivity index (χ2n) is 3.66. The number of rotatable bonds is 3. The highest BCUT2D eigenvalue weighted by atomic mass is 35.5. The molecule has 0 aliphatic heterocycles. The van der Waals surface area contributed by atoms with E-state index < -0.39 is 0 Å². The van der Waals surface area contributed by atoms with Gasteiger partial charge in [0.1, 0.15) is 0 Å². The molecule has 0 amide bonds. The molecule has 1 aromatic heterocycles. The molecular formula is C12H11ClN4. The second kappa shape index (κ2) is 4.98. The van der Waals surface area contributed by atoms with Crippen LogP contribution in [-0.2, 0) is 0 Å². The van der Waals surface area contributed by atoms with E-state index in [1.807, 2.05) is 36.2 Å². The zero-order valence-corrected chi connectivity index (χ0v) is 10.1. The van der Waals surface area contributed by atoms with Crippen molar-refractivity contribution in [2.24, 2.45) is 0 Å². The van der Waals surface area contributed by atoms with Crippen LogP contribution in [0, 0.1) is 11.3 Å². The van der Waals surface area contributed by atoms with Gasteiger partial charge in [-0.25, -0.2) is 9.97 Å². The SMILES string of the molecule is CN(CCC#N)c1nc2ccccc2nc1Cl. The maximum Gasteiger partial charge on any atom is 0.172 e. The zero-order chi connectivity index (χ0) is 12.3. The lowest BCUT2D eigenvalue weighted by atomic mass is 10.3. The van der Waals surface area contributed by atoms with Crippen LogP contribution >= 0.6 is 11.6 Å². The minimum Gasteiger partial charge on any atom is -0.356 e. The monoisotopic (exact) mass is 246 g/mol. The Morgan fingerprint density at radius 1 is 1.29 bits per heavy atom. The third-order valence-electron chi connectivity index (χ3n) is 2.43. The molecule has 0 spiro atoms. The molecule has 1 aromatic carbocycles. The third kappa shape index (κ3) is 2.45. The summed E-state index contributed by atoms with van der Waals surface area (Å²) in [6.45, 7) is 0.587. The summed E-state index contributed by atoms with van der Waals surface area (Å²) in [7, 11) is 1.85. The van der Waals surface area contributed by atoms with Crippen molar-refractivity contribution in [1.29, 1.82) is 5.26 Å². The number of hydrogen-bond donors (Lipinski definition) is 0. The van der Waals surface area contributed by atoms with E-state index in [0.29, 0.717) is 23.9 Å². The van der Waals surface area contributed by atoms with Crippen LogP contribution in [0.4, 0.5) is 5.82 Å². The van der Waals surface area contributed by atoms with Crippen LogP contribution in [0.5, 0.6) is 0 Å². The normalized spacial score (nSPS) is 10.2. The molecule has 0 fully saturated rings. The molecule has 0 bridgehead atoms. The predicted molar refractivity (Wildman–Crippen MR) is 68.0 cm³/mol. The molecule has 0 N–H and O–H groups in total. The average Bonchev–Trinajstić information content (AvgIpc) is 2.35. The summed E-state index contributed by atoms with van der Waals surface area (Å²) in [6.07, 6.45) is 0.432. The number of benzene rings is 1. The highest BCUT2D eigenvalue weighted by molar-refractivity contribution is 6.32. The summed E-state index contributed by atoms with van der Waals surface area (Å²) in [5, 5.41) is 8.92. The largest absolute Gasteiger partial charge is 0.356 e. The molecule has 0 atom stereocenters. The summed E-state index contributed by atoms with van der Waals surface area (Å²) >= 11 is 6.08. The third-order valence-corrected chi connectivity index (χ3v) is 2.69. The Hall–Kier alpha value is -1.86. The van der Waals surface area contributed by atoms with Crippen LogP contribution in [-0.4, -0.2) is 23.6 Å². The first-order chi connectivity index (χ1) is 8.22. The summed E-state index contributed by atoms with van der Waals surface area (Å²) in [6, 6.07) is 9.65. The summed E-state index contributed by atoms with van der Waals surface area (Å²) in [4.78, 5) is 10.6. The van der Waals surface area contributed by atoms with Crippen LogP contribution in [0.25, 0.3) is 11.0 Å². The van der Waals surface area contributed by atoms with Crippen molar-refractivity contribution in [3.05, 3.63) is 29.4 Å². The van der Waals surface area contributed by atoms with E-state index in [-0.39, 0.29) is 0 Å². The number of nitrogens with zero attached hydrogens (tertiary/aromatic N) is 4. The fourth-order valence-corrected chi connectivity index (χ4v) is 1.81. The van der Waals surface area contributed by atoms with Crippen LogP contribution in [0.15, 0.2) is 24.3 Å². The van der Waals surface area contributed by atoms with Crippen molar-refractivity contribution in [1.82, 2.24) is 9.97 Å². The molecule has 0 aliphatic rings. The molecule has 0 aliphatic carbocycles. The molecule has 1 heterocycles. The van der Waals surface area contributed by atoms with Crippen molar-refractivity contribution in [3.63, 3.8) is 0 Å². The van der Waals surface area contributed by atoms with Gasteiger partial charge in [-0.2, -0.15) is 5.26 Å². The second-order valence-corrected chi connectivity index (χ2v) is 4.01. The molecule has 17 heavy (non-hydrogen) atoms. The van der Waals surface area contributed by atoms with Gasteiger partial charge in [-0.1, -0.05) is 23.7 Å². The number of aromatic nitrogens is 2. The topological polar surface area (TPSA) is 52.8 Å². The fraction of sp³-hybridized carbons (Fsp3) is 0.250. The highest BCUT2D eigenvalue weighted by Crippen LogP contribution is 2.23.